The fourth-order valence-corrected chi connectivity index (χ4v) is 2.67. The summed E-state index contributed by atoms with van der Waals surface area (Å²) in [6.07, 6.45) is 1.01. The average molecular weight is 285 g/mol. The monoisotopic (exact) mass is 285 g/mol. The summed E-state index contributed by atoms with van der Waals surface area (Å²) in [6, 6.07) is 14.6. The van der Waals surface area contributed by atoms with Gasteiger partial charge in [0.1, 0.15) is 11.5 Å². The molecule has 3 heteroatoms. The SMILES string of the molecule is CCc1ccccc1C(NC)c1ccc(OC)cc1OC. The van der Waals surface area contributed by atoms with Gasteiger partial charge < -0.3 is 14.8 Å². The van der Waals surface area contributed by atoms with E-state index in [2.05, 4.69) is 42.6 Å². The van der Waals surface area contributed by atoms with Crippen LogP contribution in [0.3, 0.4) is 0 Å². The van der Waals surface area contributed by atoms with Gasteiger partial charge >= 0.3 is 0 Å². The van der Waals surface area contributed by atoms with Crippen molar-refractivity contribution in [1.82, 2.24) is 5.32 Å². The first-order valence-electron chi connectivity index (χ1n) is 7.22. The predicted molar refractivity (Wildman–Crippen MR) is 86.3 cm³/mol. The number of methoxy groups -OCH3 is 2. The van der Waals surface area contributed by atoms with Gasteiger partial charge in [-0.25, -0.2) is 0 Å². The summed E-state index contributed by atoms with van der Waals surface area (Å²) < 4.78 is 10.8. The molecular formula is C18H23NO2. The molecule has 21 heavy (non-hydrogen) atoms. The number of hydrogen-bond acceptors (Lipinski definition) is 3. The van der Waals surface area contributed by atoms with E-state index >= 15 is 0 Å². The molecule has 0 spiro atoms. The fraction of sp³-hybridized carbons (Fsp3) is 0.333. The molecule has 1 N–H and O–H groups in total. The summed E-state index contributed by atoms with van der Waals surface area (Å²) >= 11 is 0. The molecule has 0 bridgehead atoms. The van der Waals surface area contributed by atoms with E-state index in [1.165, 1.54) is 11.1 Å². The topological polar surface area (TPSA) is 30.5 Å². The maximum absolute atomic E-state index is 5.55. The van der Waals surface area contributed by atoms with Gasteiger partial charge in [0.25, 0.3) is 0 Å². The van der Waals surface area contributed by atoms with Crippen LogP contribution in [0, 0.1) is 0 Å². The van der Waals surface area contributed by atoms with Crippen molar-refractivity contribution in [3.63, 3.8) is 0 Å². The first-order valence-corrected chi connectivity index (χ1v) is 7.22. The standard InChI is InChI=1S/C18H23NO2/c1-5-13-8-6-7-9-15(13)18(19-2)16-11-10-14(20-3)12-17(16)21-4/h6-12,18-19H,5H2,1-4H3. The van der Waals surface area contributed by atoms with Gasteiger partial charge in [-0.05, 0) is 36.7 Å². The molecule has 0 saturated heterocycles. The van der Waals surface area contributed by atoms with Gasteiger partial charge in [0.2, 0.25) is 0 Å². The molecule has 0 aliphatic carbocycles. The molecule has 0 saturated carbocycles. The molecule has 0 aliphatic rings. The van der Waals surface area contributed by atoms with Crippen LogP contribution in [0.1, 0.15) is 29.7 Å². The van der Waals surface area contributed by atoms with Crippen molar-refractivity contribution in [2.24, 2.45) is 0 Å². The highest BCUT2D eigenvalue weighted by Crippen LogP contribution is 2.34. The minimum atomic E-state index is 0.0991. The van der Waals surface area contributed by atoms with Gasteiger partial charge in [0.15, 0.2) is 0 Å². The highest BCUT2D eigenvalue weighted by Gasteiger charge is 2.19. The van der Waals surface area contributed by atoms with E-state index in [1.807, 2.05) is 19.2 Å². The Morgan fingerprint density at radius 1 is 1.00 bits per heavy atom. The van der Waals surface area contributed by atoms with Crippen LogP contribution in [0.15, 0.2) is 42.5 Å². The van der Waals surface area contributed by atoms with E-state index in [0.717, 1.165) is 23.5 Å². The van der Waals surface area contributed by atoms with Crippen LogP contribution in [0.4, 0.5) is 0 Å². The Hall–Kier alpha value is -2.00. The molecule has 0 heterocycles. The number of rotatable bonds is 6. The van der Waals surface area contributed by atoms with Crippen molar-refractivity contribution in [3.05, 3.63) is 59.2 Å². The van der Waals surface area contributed by atoms with Gasteiger partial charge in [-0.1, -0.05) is 31.2 Å². The Morgan fingerprint density at radius 2 is 1.76 bits per heavy atom. The van der Waals surface area contributed by atoms with Crippen molar-refractivity contribution in [2.45, 2.75) is 19.4 Å². The smallest absolute Gasteiger partial charge is 0.127 e. The number of benzene rings is 2. The van der Waals surface area contributed by atoms with E-state index in [4.69, 9.17) is 9.47 Å². The summed E-state index contributed by atoms with van der Waals surface area (Å²) in [5, 5.41) is 3.40. The largest absolute Gasteiger partial charge is 0.497 e. The Balaban J connectivity index is 2.51. The minimum absolute atomic E-state index is 0.0991. The van der Waals surface area contributed by atoms with Gasteiger partial charge in [0.05, 0.1) is 20.3 Å². The fourth-order valence-electron chi connectivity index (χ4n) is 2.67. The predicted octanol–water partition coefficient (Wildman–Crippen LogP) is 3.58. The lowest BCUT2D eigenvalue weighted by Crippen LogP contribution is -2.20. The lowest BCUT2D eigenvalue weighted by molar-refractivity contribution is 0.388. The molecule has 2 rings (SSSR count). The molecule has 2 aromatic carbocycles. The van der Waals surface area contributed by atoms with E-state index < -0.39 is 0 Å². The van der Waals surface area contributed by atoms with Gasteiger partial charge in [0, 0.05) is 11.6 Å². The normalized spacial score (nSPS) is 12.0. The lowest BCUT2D eigenvalue weighted by atomic mass is 9.93. The summed E-state index contributed by atoms with van der Waals surface area (Å²) in [5.41, 5.74) is 3.74. The second kappa shape index (κ2) is 7.14. The zero-order valence-corrected chi connectivity index (χ0v) is 13.1. The Kier molecular flexibility index (Phi) is 5.23. The second-order valence-electron chi connectivity index (χ2n) is 4.88. The van der Waals surface area contributed by atoms with E-state index in [-0.39, 0.29) is 6.04 Å². The van der Waals surface area contributed by atoms with Crippen LogP contribution in [-0.4, -0.2) is 21.3 Å². The highest BCUT2D eigenvalue weighted by atomic mass is 16.5. The zero-order chi connectivity index (χ0) is 15.2. The van der Waals surface area contributed by atoms with E-state index in [9.17, 15) is 0 Å². The number of aryl methyl sites for hydroxylation is 1. The van der Waals surface area contributed by atoms with Gasteiger partial charge in [-0.3, -0.25) is 0 Å². The molecule has 0 fully saturated rings. The van der Waals surface area contributed by atoms with E-state index in [0.29, 0.717) is 0 Å². The van der Waals surface area contributed by atoms with Crippen molar-refractivity contribution in [2.75, 3.05) is 21.3 Å². The Labute approximate surface area is 126 Å². The van der Waals surface area contributed by atoms with Crippen LogP contribution >= 0.6 is 0 Å². The van der Waals surface area contributed by atoms with Crippen LogP contribution in [0.5, 0.6) is 11.5 Å². The van der Waals surface area contributed by atoms with Crippen LogP contribution in [0.25, 0.3) is 0 Å². The molecule has 3 nitrogen and oxygen atoms in total. The first-order chi connectivity index (χ1) is 10.2. The quantitative estimate of drug-likeness (QED) is 0.880. The lowest BCUT2D eigenvalue weighted by Gasteiger charge is -2.22. The maximum Gasteiger partial charge on any atom is 0.127 e. The van der Waals surface area contributed by atoms with Crippen LogP contribution < -0.4 is 14.8 Å². The van der Waals surface area contributed by atoms with Gasteiger partial charge in [-0.15, -0.1) is 0 Å². The second-order valence-corrected chi connectivity index (χ2v) is 4.88. The molecule has 112 valence electrons. The average Bonchev–Trinajstić information content (AvgIpc) is 2.56. The molecule has 2 aromatic rings. The zero-order valence-electron chi connectivity index (χ0n) is 13.1. The molecule has 0 aliphatic heterocycles. The maximum atomic E-state index is 5.55. The number of ether oxygens (including phenoxy) is 2. The Bertz CT molecular complexity index is 596. The summed E-state index contributed by atoms with van der Waals surface area (Å²) in [6.45, 7) is 2.18. The molecule has 1 atom stereocenters. The van der Waals surface area contributed by atoms with Crippen LogP contribution in [0.2, 0.25) is 0 Å². The summed E-state index contributed by atoms with van der Waals surface area (Å²) in [4.78, 5) is 0. The first kappa shape index (κ1) is 15.4. The van der Waals surface area contributed by atoms with Crippen molar-refractivity contribution in [3.8, 4) is 11.5 Å². The summed E-state index contributed by atoms with van der Waals surface area (Å²) in [5.74, 6) is 1.63. The van der Waals surface area contributed by atoms with E-state index in [1.54, 1.807) is 14.2 Å². The number of hydrogen-bond donors (Lipinski definition) is 1. The minimum Gasteiger partial charge on any atom is -0.497 e. The third-order valence-corrected chi connectivity index (χ3v) is 3.79. The van der Waals surface area contributed by atoms with Gasteiger partial charge in [-0.2, -0.15) is 0 Å². The van der Waals surface area contributed by atoms with Crippen molar-refractivity contribution < 1.29 is 9.47 Å². The van der Waals surface area contributed by atoms with Crippen molar-refractivity contribution in [1.29, 1.82) is 0 Å². The third-order valence-electron chi connectivity index (χ3n) is 3.79. The third kappa shape index (κ3) is 3.19. The molecular weight excluding hydrogens is 262 g/mol. The molecule has 0 aromatic heterocycles. The highest BCUT2D eigenvalue weighted by molar-refractivity contribution is 5.47. The number of nitrogens with one attached hydrogen (secondary N) is 1. The van der Waals surface area contributed by atoms with Crippen molar-refractivity contribution >= 4 is 0 Å². The molecule has 0 radical (unpaired) electrons. The molecule has 0 amide bonds. The molecule has 1 unspecified atom stereocenters. The Morgan fingerprint density at radius 3 is 2.38 bits per heavy atom. The van der Waals surface area contributed by atoms with Crippen LogP contribution in [-0.2, 0) is 6.42 Å². The summed E-state index contributed by atoms with van der Waals surface area (Å²) in [7, 11) is 5.33.